The van der Waals surface area contributed by atoms with Gasteiger partial charge in [-0.15, -0.1) is 0 Å². The van der Waals surface area contributed by atoms with Crippen LogP contribution in [0.15, 0.2) is 0 Å². The van der Waals surface area contributed by atoms with Gasteiger partial charge in [-0.2, -0.15) is 4.31 Å². The van der Waals surface area contributed by atoms with Gasteiger partial charge in [-0.05, 0) is 12.3 Å². The molecule has 2 saturated heterocycles. The molecule has 0 N–H and O–H groups in total. The first-order valence-corrected chi connectivity index (χ1v) is 8.46. The third kappa shape index (κ3) is 3.68. The largest absolute Gasteiger partial charge is 0.378 e. The molecular weight excluding hydrogens is 266 g/mol. The van der Waals surface area contributed by atoms with E-state index in [0.717, 1.165) is 6.42 Å². The van der Waals surface area contributed by atoms with Crippen LogP contribution in [0, 0.1) is 5.41 Å². The standard InChI is InChI=1S/C13H25NO4S/c1-11-7-14(19(15,16)10-12(2,3)4)8-13(18-11)5-6-17-9-13/h11H,5-10H2,1-4H3/t11-,13+/m1/s1. The molecule has 0 saturated carbocycles. The average Bonchev–Trinajstić information content (AvgIpc) is 2.61. The molecule has 0 aromatic heterocycles. The first-order chi connectivity index (χ1) is 8.62. The molecule has 0 aromatic rings. The van der Waals surface area contributed by atoms with Crippen LogP contribution in [-0.2, 0) is 19.5 Å². The molecule has 0 aliphatic carbocycles. The first kappa shape index (κ1) is 15.2. The van der Waals surface area contributed by atoms with E-state index in [1.165, 1.54) is 0 Å². The number of ether oxygens (including phenoxy) is 2. The van der Waals surface area contributed by atoms with Gasteiger partial charge in [-0.3, -0.25) is 0 Å². The summed E-state index contributed by atoms with van der Waals surface area (Å²) in [6.07, 6.45) is 0.698. The summed E-state index contributed by atoms with van der Waals surface area (Å²) in [5, 5.41) is 0. The highest BCUT2D eigenvalue weighted by Crippen LogP contribution is 2.32. The van der Waals surface area contributed by atoms with Crippen molar-refractivity contribution in [3.8, 4) is 0 Å². The summed E-state index contributed by atoms with van der Waals surface area (Å²) in [5.74, 6) is 0.170. The van der Waals surface area contributed by atoms with Crippen molar-refractivity contribution in [3.05, 3.63) is 0 Å². The summed E-state index contributed by atoms with van der Waals surface area (Å²) in [4.78, 5) is 0. The molecule has 2 atom stereocenters. The van der Waals surface area contributed by atoms with E-state index in [0.29, 0.717) is 26.3 Å². The van der Waals surface area contributed by atoms with Crippen molar-refractivity contribution in [2.24, 2.45) is 5.41 Å². The lowest BCUT2D eigenvalue weighted by atomic mass is 10.0. The summed E-state index contributed by atoms with van der Waals surface area (Å²) in [6.45, 7) is 9.79. The van der Waals surface area contributed by atoms with E-state index in [-0.39, 0.29) is 17.3 Å². The van der Waals surface area contributed by atoms with Crippen LogP contribution in [0.4, 0.5) is 0 Å². The molecule has 0 aromatic carbocycles. The summed E-state index contributed by atoms with van der Waals surface area (Å²) in [6, 6.07) is 0. The highest BCUT2D eigenvalue weighted by atomic mass is 32.2. The van der Waals surface area contributed by atoms with Gasteiger partial charge in [0.1, 0.15) is 5.60 Å². The van der Waals surface area contributed by atoms with Gasteiger partial charge < -0.3 is 9.47 Å². The lowest BCUT2D eigenvalue weighted by Crippen LogP contribution is -2.57. The second-order valence-electron chi connectivity index (χ2n) is 7.02. The van der Waals surface area contributed by atoms with Crippen LogP contribution < -0.4 is 0 Å². The molecule has 19 heavy (non-hydrogen) atoms. The van der Waals surface area contributed by atoms with Gasteiger partial charge in [0.05, 0.1) is 18.5 Å². The topological polar surface area (TPSA) is 55.8 Å². The van der Waals surface area contributed by atoms with Gasteiger partial charge in [0.25, 0.3) is 0 Å². The van der Waals surface area contributed by atoms with Gasteiger partial charge in [0.15, 0.2) is 0 Å². The normalized spacial score (nSPS) is 34.0. The number of morpholine rings is 1. The summed E-state index contributed by atoms with van der Waals surface area (Å²) in [5.41, 5.74) is -0.664. The Morgan fingerprint density at radius 2 is 2.05 bits per heavy atom. The molecule has 2 fully saturated rings. The minimum atomic E-state index is -3.24. The molecule has 2 aliphatic rings. The second kappa shape index (κ2) is 4.98. The van der Waals surface area contributed by atoms with Crippen molar-refractivity contribution in [1.82, 2.24) is 4.31 Å². The first-order valence-electron chi connectivity index (χ1n) is 6.85. The maximum Gasteiger partial charge on any atom is 0.214 e. The zero-order chi connectivity index (χ0) is 14.3. The van der Waals surface area contributed by atoms with Crippen molar-refractivity contribution < 1.29 is 17.9 Å². The predicted octanol–water partition coefficient (Wildman–Crippen LogP) is 1.24. The zero-order valence-electron chi connectivity index (χ0n) is 12.3. The van der Waals surface area contributed by atoms with Gasteiger partial charge >= 0.3 is 0 Å². The van der Waals surface area contributed by atoms with Crippen molar-refractivity contribution >= 4 is 10.0 Å². The van der Waals surface area contributed by atoms with Gasteiger partial charge in [-0.25, -0.2) is 8.42 Å². The van der Waals surface area contributed by atoms with Gasteiger partial charge in [0, 0.05) is 26.1 Å². The number of rotatable bonds is 2. The van der Waals surface area contributed by atoms with E-state index in [1.54, 1.807) is 4.31 Å². The predicted molar refractivity (Wildman–Crippen MR) is 73.5 cm³/mol. The molecule has 2 rings (SSSR count). The lowest BCUT2D eigenvalue weighted by molar-refractivity contribution is -0.130. The smallest absolute Gasteiger partial charge is 0.214 e. The SMILES string of the molecule is C[C@@H]1CN(S(=O)(=O)CC(C)(C)C)C[C@]2(CCOC2)O1. The minimum absolute atomic E-state index is 0.0785. The lowest BCUT2D eigenvalue weighted by Gasteiger charge is -2.42. The van der Waals surface area contributed by atoms with Crippen LogP contribution in [0.25, 0.3) is 0 Å². The maximum atomic E-state index is 12.5. The highest BCUT2D eigenvalue weighted by molar-refractivity contribution is 7.89. The summed E-state index contributed by atoms with van der Waals surface area (Å²) >= 11 is 0. The van der Waals surface area contributed by atoms with Gasteiger partial charge in [0.2, 0.25) is 10.0 Å². The molecular formula is C13H25NO4S. The Hall–Kier alpha value is -0.170. The third-order valence-corrected chi connectivity index (χ3v) is 5.75. The fraction of sp³-hybridized carbons (Fsp3) is 1.00. The summed E-state index contributed by atoms with van der Waals surface area (Å²) < 4.78 is 38.0. The third-order valence-electron chi connectivity index (χ3n) is 3.45. The van der Waals surface area contributed by atoms with E-state index < -0.39 is 15.6 Å². The Labute approximate surface area is 116 Å². The van der Waals surface area contributed by atoms with Crippen LogP contribution in [-0.4, -0.2) is 56.5 Å². The Morgan fingerprint density at radius 3 is 2.58 bits per heavy atom. The quantitative estimate of drug-likeness (QED) is 0.768. The van der Waals surface area contributed by atoms with E-state index in [9.17, 15) is 8.42 Å². The van der Waals surface area contributed by atoms with Crippen LogP contribution in [0.3, 0.4) is 0 Å². The van der Waals surface area contributed by atoms with Crippen LogP contribution in [0.1, 0.15) is 34.1 Å². The Balaban J connectivity index is 2.15. The average molecular weight is 291 g/mol. The van der Waals surface area contributed by atoms with E-state index in [2.05, 4.69) is 0 Å². The molecule has 0 radical (unpaired) electrons. The maximum absolute atomic E-state index is 12.5. The van der Waals surface area contributed by atoms with Crippen LogP contribution in [0.5, 0.6) is 0 Å². The van der Waals surface area contributed by atoms with Crippen molar-refractivity contribution in [1.29, 1.82) is 0 Å². The Kier molecular flexibility index (Phi) is 3.99. The molecule has 0 amide bonds. The molecule has 6 heteroatoms. The fourth-order valence-corrected chi connectivity index (χ4v) is 4.98. The highest BCUT2D eigenvalue weighted by Gasteiger charge is 2.46. The monoisotopic (exact) mass is 291 g/mol. The second-order valence-corrected chi connectivity index (χ2v) is 8.99. The molecule has 2 heterocycles. The molecule has 0 bridgehead atoms. The minimum Gasteiger partial charge on any atom is -0.378 e. The molecule has 112 valence electrons. The van der Waals surface area contributed by atoms with Crippen LogP contribution >= 0.6 is 0 Å². The molecule has 0 unspecified atom stereocenters. The fourth-order valence-electron chi connectivity index (χ4n) is 2.83. The van der Waals surface area contributed by atoms with Crippen molar-refractivity contribution in [2.45, 2.75) is 45.8 Å². The van der Waals surface area contributed by atoms with E-state index >= 15 is 0 Å². The van der Waals surface area contributed by atoms with Crippen LogP contribution in [0.2, 0.25) is 0 Å². The molecule has 1 spiro atoms. The molecule has 2 aliphatic heterocycles. The number of sulfonamides is 1. The van der Waals surface area contributed by atoms with Crippen molar-refractivity contribution in [2.75, 3.05) is 32.1 Å². The number of hydrogen-bond acceptors (Lipinski definition) is 4. The molecule has 5 nitrogen and oxygen atoms in total. The van der Waals surface area contributed by atoms with Crippen molar-refractivity contribution in [3.63, 3.8) is 0 Å². The Bertz CT molecular complexity index is 420. The zero-order valence-corrected chi connectivity index (χ0v) is 13.1. The van der Waals surface area contributed by atoms with E-state index in [4.69, 9.17) is 9.47 Å². The Morgan fingerprint density at radius 1 is 1.37 bits per heavy atom. The number of hydrogen-bond donors (Lipinski definition) is 0. The summed E-state index contributed by atoms with van der Waals surface area (Å²) in [7, 11) is -3.24. The van der Waals surface area contributed by atoms with Gasteiger partial charge in [-0.1, -0.05) is 20.8 Å². The van der Waals surface area contributed by atoms with E-state index in [1.807, 2.05) is 27.7 Å². The number of nitrogens with zero attached hydrogens (tertiary/aromatic N) is 1.